The minimum atomic E-state index is -0.0828. The number of nitrogens with one attached hydrogen (secondary N) is 1. The molecular weight excluding hydrogens is 346 g/mol. The molecule has 1 N–H and O–H groups in total. The highest BCUT2D eigenvalue weighted by atomic mass is 35.5. The molecule has 5 heteroatoms. The first-order chi connectivity index (χ1) is 12.5. The minimum absolute atomic E-state index is 0.0828. The van der Waals surface area contributed by atoms with E-state index in [0.29, 0.717) is 16.3 Å². The van der Waals surface area contributed by atoms with Gasteiger partial charge < -0.3 is 0 Å². The second-order valence-corrected chi connectivity index (χ2v) is 6.68. The molecule has 3 rings (SSSR count). The topological polar surface area (TPSA) is 50.1 Å². The number of aromatic nitrogens is 2. The number of nitrogens with zero attached hydrogens (tertiary/aromatic N) is 2. The first-order valence-corrected chi connectivity index (χ1v) is 9.10. The van der Waals surface area contributed by atoms with E-state index in [1.807, 2.05) is 62.4 Å². The average Bonchev–Trinajstić information content (AvgIpc) is 2.96. The van der Waals surface area contributed by atoms with Crippen LogP contribution < -0.4 is 5.56 Å². The van der Waals surface area contributed by atoms with Crippen molar-refractivity contribution in [1.82, 2.24) is 9.78 Å². The molecule has 0 aliphatic carbocycles. The summed E-state index contributed by atoms with van der Waals surface area (Å²) >= 11 is 6.20. The molecule has 0 saturated heterocycles. The number of hydrogen-bond acceptors (Lipinski definition) is 2. The fourth-order valence-corrected chi connectivity index (χ4v) is 3.17. The Kier molecular flexibility index (Phi) is 5.43. The number of para-hydroxylation sites is 1. The number of rotatable bonds is 5. The maximum atomic E-state index is 13.1. The second-order valence-electron chi connectivity index (χ2n) is 6.27. The van der Waals surface area contributed by atoms with Crippen LogP contribution in [0.4, 0.5) is 5.69 Å². The normalized spacial score (nSPS) is 11.8. The van der Waals surface area contributed by atoms with E-state index in [1.165, 1.54) is 0 Å². The van der Waals surface area contributed by atoms with E-state index in [9.17, 15) is 4.79 Å². The van der Waals surface area contributed by atoms with E-state index < -0.39 is 0 Å². The van der Waals surface area contributed by atoms with Crippen molar-refractivity contribution >= 4 is 23.0 Å². The van der Waals surface area contributed by atoms with Gasteiger partial charge in [-0.05, 0) is 50.1 Å². The lowest BCUT2D eigenvalue weighted by Gasteiger charge is -2.05. The van der Waals surface area contributed by atoms with Gasteiger partial charge in [-0.15, -0.1) is 0 Å². The van der Waals surface area contributed by atoms with Crippen LogP contribution in [0.1, 0.15) is 37.1 Å². The summed E-state index contributed by atoms with van der Waals surface area (Å²) in [5, 5.41) is 3.93. The van der Waals surface area contributed by atoms with E-state index >= 15 is 0 Å². The monoisotopic (exact) mass is 367 g/mol. The molecule has 0 amide bonds. The zero-order chi connectivity index (χ0) is 18.7. The Balaban J connectivity index is 2.14. The van der Waals surface area contributed by atoms with E-state index in [-0.39, 0.29) is 5.56 Å². The maximum absolute atomic E-state index is 13.1. The molecule has 4 nitrogen and oxygen atoms in total. The van der Waals surface area contributed by atoms with E-state index in [1.54, 1.807) is 4.68 Å². The van der Waals surface area contributed by atoms with Crippen molar-refractivity contribution in [2.75, 3.05) is 0 Å². The van der Waals surface area contributed by atoms with Crippen LogP contribution in [0.15, 0.2) is 58.3 Å². The Bertz CT molecular complexity index is 1000. The van der Waals surface area contributed by atoms with Crippen molar-refractivity contribution in [3.8, 4) is 5.69 Å². The molecule has 0 bridgehead atoms. The highest BCUT2D eigenvalue weighted by Gasteiger charge is 2.17. The number of aryl methyl sites for hydroxylation is 1. The summed E-state index contributed by atoms with van der Waals surface area (Å²) < 4.78 is 1.59. The number of aromatic amines is 1. The third kappa shape index (κ3) is 3.51. The number of hydrogen-bond donors (Lipinski definition) is 1. The first kappa shape index (κ1) is 18.2. The summed E-state index contributed by atoms with van der Waals surface area (Å²) in [6.07, 6.45) is 1.72. The molecule has 0 radical (unpaired) electrons. The van der Waals surface area contributed by atoms with Crippen molar-refractivity contribution in [3.05, 3.63) is 80.7 Å². The van der Waals surface area contributed by atoms with Gasteiger partial charge in [0.2, 0.25) is 0 Å². The van der Waals surface area contributed by atoms with Crippen molar-refractivity contribution in [1.29, 1.82) is 0 Å². The number of benzene rings is 2. The van der Waals surface area contributed by atoms with Gasteiger partial charge in [0, 0.05) is 10.7 Å². The van der Waals surface area contributed by atoms with Crippen molar-refractivity contribution < 1.29 is 0 Å². The van der Waals surface area contributed by atoms with Gasteiger partial charge in [-0.1, -0.05) is 49.2 Å². The van der Waals surface area contributed by atoms with Crippen LogP contribution in [0.5, 0.6) is 0 Å². The van der Waals surface area contributed by atoms with Gasteiger partial charge in [-0.3, -0.25) is 14.9 Å². The summed E-state index contributed by atoms with van der Waals surface area (Å²) in [6, 6.07) is 15.2. The molecule has 0 aliphatic rings. The van der Waals surface area contributed by atoms with Gasteiger partial charge in [0.15, 0.2) is 0 Å². The highest BCUT2D eigenvalue weighted by molar-refractivity contribution is 6.31. The van der Waals surface area contributed by atoms with Gasteiger partial charge >= 0.3 is 0 Å². The lowest BCUT2D eigenvalue weighted by molar-refractivity contribution is 0.793. The van der Waals surface area contributed by atoms with Crippen LogP contribution in [-0.2, 0) is 6.42 Å². The molecule has 1 heterocycles. The summed E-state index contributed by atoms with van der Waals surface area (Å²) in [5.41, 5.74) is 4.65. The second kappa shape index (κ2) is 7.75. The Hall–Kier alpha value is -2.59. The third-order valence-corrected chi connectivity index (χ3v) is 4.78. The zero-order valence-corrected chi connectivity index (χ0v) is 16.0. The molecular formula is C21H22ClN3O. The molecule has 26 heavy (non-hydrogen) atoms. The van der Waals surface area contributed by atoms with Crippen molar-refractivity contribution in [2.24, 2.45) is 4.99 Å². The van der Waals surface area contributed by atoms with Gasteiger partial charge in [-0.25, -0.2) is 4.68 Å². The highest BCUT2D eigenvalue weighted by Crippen LogP contribution is 2.26. The molecule has 0 spiro atoms. The molecule has 2 aromatic carbocycles. The Morgan fingerprint density at radius 2 is 1.88 bits per heavy atom. The maximum Gasteiger partial charge on any atom is 0.280 e. The SMILES string of the molecule is CCCc1[nH]n(-c2ccccc2)c(=O)c1C(C)=Nc1cccc(Cl)c1C. The standard InChI is InChI=1S/C21H22ClN3O/c1-4-9-19-20(15(3)23-18-13-8-12-17(22)14(18)2)21(26)25(24-19)16-10-6-5-7-11-16/h5-8,10-13,24H,4,9H2,1-3H3. The molecule has 0 aliphatic heterocycles. The summed E-state index contributed by atoms with van der Waals surface area (Å²) in [4.78, 5) is 17.8. The Morgan fingerprint density at radius 1 is 1.15 bits per heavy atom. The third-order valence-electron chi connectivity index (χ3n) is 4.37. The number of aliphatic imine (C=N–C) groups is 1. The average molecular weight is 368 g/mol. The first-order valence-electron chi connectivity index (χ1n) is 8.73. The van der Waals surface area contributed by atoms with Crippen LogP contribution in [-0.4, -0.2) is 15.5 Å². The largest absolute Gasteiger partial charge is 0.294 e. The minimum Gasteiger partial charge on any atom is -0.294 e. The van der Waals surface area contributed by atoms with Gasteiger partial charge in [0.25, 0.3) is 5.56 Å². The van der Waals surface area contributed by atoms with E-state index in [2.05, 4.69) is 12.0 Å². The van der Waals surface area contributed by atoms with Gasteiger partial charge in [0.1, 0.15) is 0 Å². The van der Waals surface area contributed by atoms with Crippen molar-refractivity contribution in [2.45, 2.75) is 33.6 Å². The van der Waals surface area contributed by atoms with Gasteiger partial charge in [-0.2, -0.15) is 0 Å². The number of H-pyrrole nitrogens is 1. The molecule has 0 atom stereocenters. The van der Waals surface area contributed by atoms with Crippen LogP contribution in [0.3, 0.4) is 0 Å². The molecule has 0 unspecified atom stereocenters. The quantitative estimate of drug-likeness (QED) is 0.617. The molecule has 0 fully saturated rings. The van der Waals surface area contributed by atoms with Crippen LogP contribution >= 0.6 is 11.6 Å². The van der Waals surface area contributed by atoms with Crippen molar-refractivity contribution in [3.63, 3.8) is 0 Å². The number of halogens is 1. The summed E-state index contributed by atoms with van der Waals surface area (Å²) in [6.45, 7) is 5.90. The fraction of sp³-hybridized carbons (Fsp3) is 0.238. The molecule has 1 aromatic heterocycles. The van der Waals surface area contributed by atoms with E-state index in [4.69, 9.17) is 16.6 Å². The lowest BCUT2D eigenvalue weighted by atomic mass is 10.1. The van der Waals surface area contributed by atoms with E-state index in [0.717, 1.165) is 35.5 Å². The smallest absolute Gasteiger partial charge is 0.280 e. The Labute approximate surface area is 158 Å². The zero-order valence-electron chi connectivity index (χ0n) is 15.2. The molecule has 134 valence electrons. The fourth-order valence-electron chi connectivity index (χ4n) is 3.00. The summed E-state index contributed by atoms with van der Waals surface area (Å²) in [7, 11) is 0. The molecule has 3 aromatic rings. The van der Waals surface area contributed by atoms with Crippen LogP contribution in [0.2, 0.25) is 5.02 Å². The lowest BCUT2D eigenvalue weighted by Crippen LogP contribution is -2.19. The van der Waals surface area contributed by atoms with Gasteiger partial charge in [0.05, 0.1) is 22.6 Å². The van der Waals surface area contributed by atoms with Crippen LogP contribution in [0, 0.1) is 6.92 Å². The Morgan fingerprint density at radius 3 is 2.58 bits per heavy atom. The molecule has 0 saturated carbocycles. The van der Waals surface area contributed by atoms with Crippen LogP contribution in [0.25, 0.3) is 5.69 Å². The summed E-state index contributed by atoms with van der Waals surface area (Å²) in [5.74, 6) is 0. The predicted octanol–water partition coefficient (Wildman–Crippen LogP) is 5.22. The predicted molar refractivity (Wildman–Crippen MR) is 108 cm³/mol.